The minimum atomic E-state index is -0.461. The summed E-state index contributed by atoms with van der Waals surface area (Å²) in [7, 11) is 1.71. The normalized spacial score (nSPS) is 29.6. The molecule has 2 saturated heterocycles. The third-order valence-electron chi connectivity index (χ3n) is 4.26. The van der Waals surface area contributed by atoms with Gasteiger partial charge in [0.05, 0.1) is 18.7 Å². The minimum absolute atomic E-state index is 0.0242. The predicted molar refractivity (Wildman–Crippen MR) is 86.0 cm³/mol. The second kappa shape index (κ2) is 7.62. The predicted octanol–water partition coefficient (Wildman–Crippen LogP) is 1.35. The lowest BCUT2D eigenvalue weighted by atomic mass is 10.0. The highest BCUT2D eigenvalue weighted by molar-refractivity contribution is 5.68. The van der Waals surface area contributed by atoms with Gasteiger partial charge in [-0.25, -0.2) is 4.79 Å². The van der Waals surface area contributed by atoms with E-state index in [-0.39, 0.29) is 18.2 Å². The van der Waals surface area contributed by atoms with E-state index in [1.807, 2.05) is 20.8 Å². The lowest BCUT2D eigenvalue weighted by Gasteiger charge is -2.27. The van der Waals surface area contributed by atoms with Crippen molar-refractivity contribution < 1.29 is 14.3 Å². The summed E-state index contributed by atoms with van der Waals surface area (Å²) in [5, 5.41) is 7.10. The monoisotopic (exact) mass is 313 g/mol. The van der Waals surface area contributed by atoms with Crippen LogP contribution in [0.3, 0.4) is 0 Å². The van der Waals surface area contributed by atoms with Crippen molar-refractivity contribution >= 4 is 6.09 Å². The molecular formula is C16H31N3O3. The Morgan fingerprint density at radius 2 is 2.09 bits per heavy atom. The van der Waals surface area contributed by atoms with Gasteiger partial charge in [-0.3, -0.25) is 0 Å². The molecule has 2 rings (SSSR count). The van der Waals surface area contributed by atoms with Crippen LogP contribution in [0.15, 0.2) is 0 Å². The summed E-state index contributed by atoms with van der Waals surface area (Å²) in [5.41, 5.74) is -0.461. The van der Waals surface area contributed by atoms with Crippen LogP contribution in [-0.4, -0.2) is 68.1 Å². The standard InChI is InChI=1S/C16H31N3O3/c1-16(2,3)22-15(20)19-10-13(14(11-19)21-4)18-9-12-7-5-6-8-17-12/h12-14,17-18H,5-11H2,1-4H3/t12?,13?,14-/m0/s1. The van der Waals surface area contributed by atoms with Gasteiger partial charge in [-0.2, -0.15) is 0 Å². The van der Waals surface area contributed by atoms with E-state index in [4.69, 9.17) is 9.47 Å². The number of amides is 1. The smallest absolute Gasteiger partial charge is 0.410 e. The lowest BCUT2D eigenvalue weighted by Crippen LogP contribution is -2.48. The van der Waals surface area contributed by atoms with Gasteiger partial charge in [-0.1, -0.05) is 6.42 Å². The maximum atomic E-state index is 12.2. The Hall–Kier alpha value is -0.850. The molecule has 0 bridgehead atoms. The number of carbonyl (C=O) groups is 1. The first-order valence-corrected chi connectivity index (χ1v) is 8.36. The molecule has 0 aromatic rings. The zero-order valence-corrected chi connectivity index (χ0v) is 14.4. The van der Waals surface area contributed by atoms with Crippen LogP contribution < -0.4 is 10.6 Å². The van der Waals surface area contributed by atoms with Crippen molar-refractivity contribution in [1.29, 1.82) is 0 Å². The summed E-state index contributed by atoms with van der Waals surface area (Å²) in [6.07, 6.45) is 3.55. The van der Waals surface area contributed by atoms with E-state index in [1.165, 1.54) is 19.3 Å². The van der Waals surface area contributed by atoms with Crippen molar-refractivity contribution in [1.82, 2.24) is 15.5 Å². The Morgan fingerprint density at radius 1 is 1.32 bits per heavy atom. The van der Waals surface area contributed by atoms with E-state index in [9.17, 15) is 4.79 Å². The fraction of sp³-hybridized carbons (Fsp3) is 0.938. The lowest BCUT2D eigenvalue weighted by molar-refractivity contribution is 0.0252. The van der Waals surface area contributed by atoms with Gasteiger partial charge in [0.15, 0.2) is 0 Å². The molecule has 3 atom stereocenters. The average molecular weight is 313 g/mol. The molecule has 2 aliphatic rings. The van der Waals surface area contributed by atoms with E-state index in [2.05, 4.69) is 10.6 Å². The van der Waals surface area contributed by atoms with E-state index < -0.39 is 5.60 Å². The van der Waals surface area contributed by atoms with Gasteiger partial charge < -0.3 is 25.0 Å². The fourth-order valence-corrected chi connectivity index (χ4v) is 3.08. The largest absolute Gasteiger partial charge is 0.444 e. The highest BCUT2D eigenvalue weighted by atomic mass is 16.6. The van der Waals surface area contributed by atoms with E-state index in [0.29, 0.717) is 19.1 Å². The molecule has 0 aromatic carbocycles. The number of ether oxygens (including phenoxy) is 2. The number of methoxy groups -OCH3 is 1. The van der Waals surface area contributed by atoms with Gasteiger partial charge in [0.2, 0.25) is 0 Å². The van der Waals surface area contributed by atoms with Crippen LogP contribution in [0.1, 0.15) is 40.0 Å². The SMILES string of the molecule is CO[C@H]1CN(C(=O)OC(C)(C)C)CC1NCC1CCCCN1. The molecule has 2 unspecified atom stereocenters. The molecule has 2 aliphatic heterocycles. The number of likely N-dealkylation sites (tertiary alicyclic amines) is 1. The molecule has 2 fully saturated rings. The number of nitrogens with one attached hydrogen (secondary N) is 2. The van der Waals surface area contributed by atoms with Crippen LogP contribution in [-0.2, 0) is 9.47 Å². The minimum Gasteiger partial charge on any atom is -0.444 e. The summed E-state index contributed by atoms with van der Waals surface area (Å²) in [6.45, 7) is 8.92. The Bertz CT molecular complexity index is 364. The molecular weight excluding hydrogens is 282 g/mol. The van der Waals surface area contributed by atoms with Gasteiger partial charge in [0.25, 0.3) is 0 Å². The first-order valence-electron chi connectivity index (χ1n) is 8.36. The summed E-state index contributed by atoms with van der Waals surface area (Å²) in [5.74, 6) is 0. The van der Waals surface area contributed by atoms with Crippen molar-refractivity contribution in [3.8, 4) is 0 Å². The number of rotatable bonds is 4. The Kier molecular flexibility index (Phi) is 6.06. The summed E-state index contributed by atoms with van der Waals surface area (Å²) in [6, 6.07) is 0.697. The number of hydrogen-bond acceptors (Lipinski definition) is 5. The fourth-order valence-electron chi connectivity index (χ4n) is 3.08. The quantitative estimate of drug-likeness (QED) is 0.820. The topological polar surface area (TPSA) is 62.8 Å². The zero-order valence-electron chi connectivity index (χ0n) is 14.4. The van der Waals surface area contributed by atoms with Crippen molar-refractivity contribution in [2.75, 3.05) is 33.3 Å². The zero-order chi connectivity index (χ0) is 16.2. The van der Waals surface area contributed by atoms with Crippen molar-refractivity contribution in [2.24, 2.45) is 0 Å². The summed E-state index contributed by atoms with van der Waals surface area (Å²) < 4.78 is 11.0. The molecule has 0 aliphatic carbocycles. The number of nitrogens with zero attached hydrogens (tertiary/aromatic N) is 1. The molecule has 2 N–H and O–H groups in total. The number of piperidine rings is 1. The first-order chi connectivity index (χ1) is 10.4. The molecule has 6 heteroatoms. The molecule has 0 saturated carbocycles. The van der Waals surface area contributed by atoms with Crippen LogP contribution in [0.5, 0.6) is 0 Å². The molecule has 2 heterocycles. The maximum absolute atomic E-state index is 12.2. The maximum Gasteiger partial charge on any atom is 0.410 e. The van der Waals surface area contributed by atoms with E-state index in [1.54, 1.807) is 12.0 Å². The molecule has 6 nitrogen and oxygen atoms in total. The summed E-state index contributed by atoms with van der Waals surface area (Å²) in [4.78, 5) is 13.9. The van der Waals surface area contributed by atoms with Crippen molar-refractivity contribution in [3.05, 3.63) is 0 Å². The van der Waals surface area contributed by atoms with Crippen LogP contribution >= 0.6 is 0 Å². The molecule has 1 amide bonds. The Labute approximate surface area is 133 Å². The van der Waals surface area contributed by atoms with Crippen LogP contribution in [0.2, 0.25) is 0 Å². The highest BCUT2D eigenvalue weighted by Crippen LogP contribution is 2.18. The Morgan fingerprint density at radius 3 is 2.68 bits per heavy atom. The van der Waals surface area contributed by atoms with Gasteiger partial charge >= 0.3 is 6.09 Å². The van der Waals surface area contributed by atoms with E-state index in [0.717, 1.165) is 13.1 Å². The Balaban J connectivity index is 1.82. The second-order valence-electron chi connectivity index (χ2n) is 7.32. The average Bonchev–Trinajstić information content (AvgIpc) is 2.88. The molecule has 22 heavy (non-hydrogen) atoms. The third kappa shape index (κ3) is 5.11. The number of carbonyl (C=O) groups excluding carboxylic acids is 1. The molecule has 0 radical (unpaired) electrons. The van der Waals surface area contributed by atoms with Crippen molar-refractivity contribution in [2.45, 2.75) is 63.8 Å². The number of hydrogen-bond donors (Lipinski definition) is 2. The van der Waals surface area contributed by atoms with Gasteiger partial charge in [0.1, 0.15) is 5.60 Å². The molecule has 0 spiro atoms. The highest BCUT2D eigenvalue weighted by Gasteiger charge is 2.37. The van der Waals surface area contributed by atoms with Gasteiger partial charge in [0, 0.05) is 26.2 Å². The van der Waals surface area contributed by atoms with E-state index >= 15 is 0 Å². The van der Waals surface area contributed by atoms with Gasteiger partial charge in [-0.15, -0.1) is 0 Å². The molecule has 128 valence electrons. The van der Waals surface area contributed by atoms with Crippen LogP contribution in [0.4, 0.5) is 4.79 Å². The van der Waals surface area contributed by atoms with Crippen LogP contribution in [0, 0.1) is 0 Å². The summed E-state index contributed by atoms with van der Waals surface area (Å²) >= 11 is 0. The van der Waals surface area contributed by atoms with Crippen molar-refractivity contribution in [3.63, 3.8) is 0 Å². The van der Waals surface area contributed by atoms with Crippen LogP contribution in [0.25, 0.3) is 0 Å². The molecule has 0 aromatic heterocycles. The second-order valence-corrected chi connectivity index (χ2v) is 7.32. The van der Waals surface area contributed by atoms with Gasteiger partial charge in [-0.05, 0) is 40.2 Å². The third-order valence-corrected chi connectivity index (χ3v) is 4.26. The first kappa shape index (κ1) is 17.5.